The molecule has 208 valence electrons. The van der Waals surface area contributed by atoms with Crippen molar-refractivity contribution in [3.8, 4) is 10.4 Å². The Morgan fingerprint density at radius 2 is 1.92 bits per heavy atom. The molecule has 1 aromatic carbocycles. The summed E-state index contributed by atoms with van der Waals surface area (Å²) in [5.74, 6) is -0.754. The standard InChI is InChI=1S/C28H40N4O5S/c1-6-7-8-13-37-27(36)31-24(28(3,4)5)26(35)32-16-21(33)14-22(32)25(34)29-15-19-9-11-20(12-10-19)23-18(2)30-17-38-23/h9-12,17,21-22,24,33H,6-8,13-16H2,1-5H3,(H,29,34)(H,31,36)/t21-,22-,24+/m0/s1. The van der Waals surface area contributed by atoms with Crippen LogP contribution in [0.25, 0.3) is 10.4 Å². The number of aliphatic hydroxyl groups is 1. The lowest BCUT2D eigenvalue weighted by Gasteiger charge is -2.35. The predicted octanol–water partition coefficient (Wildman–Crippen LogP) is 4.03. The van der Waals surface area contributed by atoms with Gasteiger partial charge < -0.3 is 25.4 Å². The van der Waals surface area contributed by atoms with Crippen LogP contribution in [0.3, 0.4) is 0 Å². The number of nitrogens with zero attached hydrogens (tertiary/aromatic N) is 2. The molecule has 9 nitrogen and oxygen atoms in total. The van der Waals surface area contributed by atoms with E-state index in [1.54, 1.807) is 11.3 Å². The van der Waals surface area contributed by atoms with Crippen LogP contribution in [0.5, 0.6) is 0 Å². The topological polar surface area (TPSA) is 121 Å². The summed E-state index contributed by atoms with van der Waals surface area (Å²) in [5.41, 5.74) is 4.15. The van der Waals surface area contributed by atoms with Crippen molar-refractivity contribution in [1.29, 1.82) is 0 Å². The molecule has 1 aromatic heterocycles. The summed E-state index contributed by atoms with van der Waals surface area (Å²) in [6.07, 6.45) is 1.37. The van der Waals surface area contributed by atoms with Gasteiger partial charge in [0.05, 0.1) is 28.8 Å². The lowest BCUT2D eigenvalue weighted by Crippen LogP contribution is -2.57. The van der Waals surface area contributed by atoms with Crippen molar-refractivity contribution >= 4 is 29.2 Å². The van der Waals surface area contributed by atoms with Crippen LogP contribution < -0.4 is 10.6 Å². The first-order valence-corrected chi connectivity index (χ1v) is 14.1. The minimum atomic E-state index is -0.912. The van der Waals surface area contributed by atoms with Gasteiger partial charge in [-0.3, -0.25) is 9.59 Å². The van der Waals surface area contributed by atoms with Crippen LogP contribution in [0.4, 0.5) is 4.79 Å². The quantitative estimate of drug-likeness (QED) is 0.389. The van der Waals surface area contributed by atoms with Gasteiger partial charge in [-0.05, 0) is 29.9 Å². The first-order chi connectivity index (χ1) is 18.0. The third-order valence-corrected chi connectivity index (χ3v) is 7.63. The fourth-order valence-electron chi connectivity index (χ4n) is 4.46. The SMILES string of the molecule is CCCCCOC(=O)N[C@H](C(=O)N1C[C@@H](O)C[C@H]1C(=O)NCc1ccc(-c2scnc2C)cc1)C(C)(C)C. The van der Waals surface area contributed by atoms with Gasteiger partial charge in [-0.2, -0.15) is 0 Å². The van der Waals surface area contributed by atoms with E-state index in [2.05, 4.69) is 22.5 Å². The van der Waals surface area contributed by atoms with Gasteiger partial charge in [-0.1, -0.05) is 64.8 Å². The number of nitrogens with one attached hydrogen (secondary N) is 2. The highest BCUT2D eigenvalue weighted by Crippen LogP contribution is 2.28. The molecular formula is C28H40N4O5S. The van der Waals surface area contributed by atoms with Crippen molar-refractivity contribution in [3.05, 3.63) is 41.0 Å². The van der Waals surface area contributed by atoms with Crippen LogP contribution in [0.2, 0.25) is 0 Å². The molecule has 38 heavy (non-hydrogen) atoms. The fourth-order valence-corrected chi connectivity index (χ4v) is 5.27. The number of β-amino-alcohol motifs (C(OH)–C–C–N with tert-alkyl or cyclic N) is 1. The lowest BCUT2D eigenvalue weighted by molar-refractivity contribution is -0.142. The highest BCUT2D eigenvalue weighted by Gasteiger charge is 2.44. The van der Waals surface area contributed by atoms with Gasteiger partial charge in [-0.15, -0.1) is 11.3 Å². The van der Waals surface area contributed by atoms with Crippen molar-refractivity contribution in [2.75, 3.05) is 13.2 Å². The summed E-state index contributed by atoms with van der Waals surface area (Å²) in [5, 5.41) is 15.9. The second-order valence-electron chi connectivity index (χ2n) is 10.9. The molecule has 2 heterocycles. The second-order valence-corrected chi connectivity index (χ2v) is 11.7. The number of carbonyl (C=O) groups is 3. The number of rotatable bonds is 10. The number of hydrogen-bond acceptors (Lipinski definition) is 7. The molecule has 0 unspecified atom stereocenters. The van der Waals surface area contributed by atoms with E-state index in [-0.39, 0.29) is 25.5 Å². The summed E-state index contributed by atoms with van der Waals surface area (Å²) in [7, 11) is 0. The number of unbranched alkanes of at least 4 members (excludes halogenated alkanes) is 2. The van der Waals surface area contributed by atoms with E-state index in [1.807, 2.05) is 57.5 Å². The minimum absolute atomic E-state index is 0.0274. The van der Waals surface area contributed by atoms with Gasteiger partial charge in [0.1, 0.15) is 12.1 Å². The van der Waals surface area contributed by atoms with Crippen molar-refractivity contribution in [2.45, 2.75) is 85.0 Å². The molecule has 10 heteroatoms. The Bertz CT molecular complexity index is 1100. The molecule has 1 fully saturated rings. The van der Waals surface area contributed by atoms with E-state index in [4.69, 9.17) is 4.74 Å². The number of amides is 3. The molecule has 3 rings (SSSR count). The van der Waals surface area contributed by atoms with E-state index in [0.717, 1.165) is 41.0 Å². The maximum absolute atomic E-state index is 13.6. The summed E-state index contributed by atoms with van der Waals surface area (Å²) < 4.78 is 5.25. The highest BCUT2D eigenvalue weighted by molar-refractivity contribution is 7.13. The Kier molecular flexibility index (Phi) is 10.3. The largest absolute Gasteiger partial charge is 0.450 e. The third-order valence-electron chi connectivity index (χ3n) is 6.65. The van der Waals surface area contributed by atoms with Crippen molar-refractivity contribution in [2.24, 2.45) is 5.41 Å². The molecule has 0 radical (unpaired) electrons. The number of alkyl carbamates (subject to hydrolysis) is 1. The maximum atomic E-state index is 13.6. The number of carbonyl (C=O) groups excluding carboxylic acids is 3. The zero-order chi connectivity index (χ0) is 27.9. The van der Waals surface area contributed by atoms with Gasteiger partial charge in [0.2, 0.25) is 11.8 Å². The normalized spacial score (nSPS) is 18.2. The number of aliphatic hydroxyl groups excluding tert-OH is 1. The monoisotopic (exact) mass is 544 g/mol. The predicted molar refractivity (Wildman–Crippen MR) is 148 cm³/mol. The summed E-state index contributed by atoms with van der Waals surface area (Å²) in [4.78, 5) is 45.9. The van der Waals surface area contributed by atoms with Crippen LogP contribution in [-0.4, -0.2) is 64.2 Å². The van der Waals surface area contributed by atoms with Crippen LogP contribution >= 0.6 is 11.3 Å². The first-order valence-electron chi connectivity index (χ1n) is 13.2. The molecule has 1 aliphatic heterocycles. The average molecular weight is 545 g/mol. The number of likely N-dealkylation sites (tertiary alicyclic amines) is 1. The van der Waals surface area contributed by atoms with E-state index < -0.39 is 35.6 Å². The van der Waals surface area contributed by atoms with Crippen molar-refractivity contribution < 1.29 is 24.2 Å². The Balaban J connectivity index is 1.63. The van der Waals surface area contributed by atoms with E-state index >= 15 is 0 Å². The average Bonchev–Trinajstić information content (AvgIpc) is 3.48. The molecule has 3 N–H and O–H groups in total. The van der Waals surface area contributed by atoms with Gasteiger partial charge in [0.15, 0.2) is 0 Å². The molecule has 0 saturated carbocycles. The second kappa shape index (κ2) is 13.2. The Labute approximate surface area is 229 Å². The zero-order valence-corrected chi connectivity index (χ0v) is 23.8. The fraction of sp³-hybridized carbons (Fsp3) is 0.571. The van der Waals surface area contributed by atoms with Crippen molar-refractivity contribution in [3.63, 3.8) is 0 Å². The summed E-state index contributed by atoms with van der Waals surface area (Å²) in [6, 6.07) is 6.16. The summed E-state index contributed by atoms with van der Waals surface area (Å²) in [6.45, 7) is 10.2. The lowest BCUT2D eigenvalue weighted by atomic mass is 9.85. The molecule has 0 bridgehead atoms. The molecule has 1 aliphatic rings. The van der Waals surface area contributed by atoms with E-state index in [1.165, 1.54) is 4.90 Å². The van der Waals surface area contributed by atoms with Crippen LogP contribution in [0.1, 0.15) is 64.6 Å². The molecule has 1 saturated heterocycles. The molecule has 3 amide bonds. The smallest absolute Gasteiger partial charge is 0.407 e. The number of thiazole rings is 1. The molecule has 2 aromatic rings. The highest BCUT2D eigenvalue weighted by atomic mass is 32.1. The van der Waals surface area contributed by atoms with E-state index in [9.17, 15) is 19.5 Å². The Morgan fingerprint density at radius 1 is 1.21 bits per heavy atom. The number of aromatic nitrogens is 1. The number of ether oxygens (including phenoxy) is 1. The molecule has 0 spiro atoms. The van der Waals surface area contributed by atoms with Crippen LogP contribution in [0, 0.1) is 12.3 Å². The zero-order valence-electron chi connectivity index (χ0n) is 23.0. The van der Waals surface area contributed by atoms with Gasteiger partial charge in [0.25, 0.3) is 0 Å². The Hall–Kier alpha value is -2.98. The Morgan fingerprint density at radius 3 is 2.53 bits per heavy atom. The maximum Gasteiger partial charge on any atom is 0.407 e. The number of aryl methyl sites for hydroxylation is 1. The molecule has 0 aliphatic carbocycles. The van der Waals surface area contributed by atoms with Crippen LogP contribution in [-0.2, 0) is 20.9 Å². The molecular weight excluding hydrogens is 504 g/mol. The number of hydrogen-bond donors (Lipinski definition) is 3. The van der Waals surface area contributed by atoms with Gasteiger partial charge in [-0.25, -0.2) is 9.78 Å². The molecule has 3 atom stereocenters. The van der Waals surface area contributed by atoms with Gasteiger partial charge >= 0.3 is 6.09 Å². The first kappa shape index (κ1) is 29.6. The van der Waals surface area contributed by atoms with Gasteiger partial charge in [0, 0.05) is 19.5 Å². The van der Waals surface area contributed by atoms with Crippen molar-refractivity contribution in [1.82, 2.24) is 20.5 Å². The third kappa shape index (κ3) is 7.77. The summed E-state index contributed by atoms with van der Waals surface area (Å²) >= 11 is 1.58. The van der Waals surface area contributed by atoms with E-state index in [0.29, 0.717) is 6.54 Å². The minimum Gasteiger partial charge on any atom is -0.450 e. The van der Waals surface area contributed by atoms with Crippen LogP contribution in [0.15, 0.2) is 29.8 Å². The number of benzene rings is 1.